The summed E-state index contributed by atoms with van der Waals surface area (Å²) in [6, 6.07) is 9.45. The molecule has 1 unspecified atom stereocenters. The number of alkyl halides is 1. The van der Waals surface area contributed by atoms with E-state index >= 15 is 0 Å². The first-order chi connectivity index (χ1) is 9.19. The average Bonchev–Trinajstić information content (AvgIpc) is 2.36. The molecule has 0 aliphatic rings. The highest BCUT2D eigenvalue weighted by Gasteiger charge is 2.45. The van der Waals surface area contributed by atoms with Crippen molar-refractivity contribution in [2.24, 2.45) is 0 Å². The number of hydrogen-bond acceptors (Lipinski definition) is 3. The van der Waals surface area contributed by atoms with Crippen LogP contribution in [-0.4, -0.2) is 21.7 Å². The number of hydrogen-bond donors (Lipinski definition) is 0. The summed E-state index contributed by atoms with van der Waals surface area (Å²) in [6.07, 6.45) is 0.562. The molecule has 0 radical (unpaired) electrons. The third-order valence-corrected chi connectivity index (χ3v) is 3.82. The Hall–Kier alpha value is -1.16. The first kappa shape index (κ1) is 16.9. The van der Waals surface area contributed by atoms with E-state index in [2.05, 4.69) is 15.9 Å². The molecule has 0 N–H and O–H groups in total. The van der Waals surface area contributed by atoms with Crippen LogP contribution >= 0.6 is 15.9 Å². The Morgan fingerprint density at radius 3 is 2.15 bits per heavy atom. The summed E-state index contributed by atoms with van der Waals surface area (Å²) in [7, 11) is 0. The fraction of sp³-hybridized carbons (Fsp3) is 0.500. The van der Waals surface area contributed by atoms with Gasteiger partial charge >= 0.3 is 5.97 Å². The van der Waals surface area contributed by atoms with E-state index in [1.54, 1.807) is 27.7 Å². The zero-order valence-corrected chi connectivity index (χ0v) is 14.0. The lowest BCUT2D eigenvalue weighted by molar-refractivity contribution is -0.159. The lowest BCUT2D eigenvalue weighted by Crippen LogP contribution is -2.46. The number of ketones is 1. The molecule has 1 aromatic carbocycles. The third kappa shape index (κ3) is 4.44. The molecule has 0 aromatic heterocycles. The van der Waals surface area contributed by atoms with Crippen LogP contribution in [0.5, 0.6) is 0 Å². The summed E-state index contributed by atoms with van der Waals surface area (Å²) in [6.45, 7) is 7.11. The minimum atomic E-state index is -1.31. The van der Waals surface area contributed by atoms with Crippen LogP contribution in [0.4, 0.5) is 0 Å². The van der Waals surface area contributed by atoms with Crippen molar-refractivity contribution in [3.05, 3.63) is 35.9 Å². The second kappa shape index (κ2) is 6.53. The largest absolute Gasteiger partial charge is 0.459 e. The number of esters is 1. The molecule has 0 saturated carbocycles. The number of carbonyl (C=O) groups excluding carboxylic acids is 2. The summed E-state index contributed by atoms with van der Waals surface area (Å²) >= 11 is 3.34. The van der Waals surface area contributed by atoms with E-state index in [1.807, 2.05) is 30.3 Å². The summed E-state index contributed by atoms with van der Waals surface area (Å²) in [5, 5.41) is 0. The van der Waals surface area contributed by atoms with Gasteiger partial charge in [0.2, 0.25) is 0 Å². The number of carbonyl (C=O) groups is 2. The van der Waals surface area contributed by atoms with Gasteiger partial charge in [0.15, 0.2) is 10.1 Å². The molecule has 0 spiro atoms. The number of rotatable bonds is 5. The molecular formula is C16H21BrO3. The summed E-state index contributed by atoms with van der Waals surface area (Å²) < 4.78 is 4.08. The SMILES string of the molecule is CCC(=O)C(Br)(Cc1ccccc1)C(=O)OC(C)(C)C. The number of halogens is 1. The molecule has 4 heteroatoms. The quantitative estimate of drug-likeness (QED) is 0.466. The standard InChI is InChI=1S/C16H21BrO3/c1-5-13(18)16(17,14(19)20-15(2,3)4)11-12-9-7-6-8-10-12/h6-10H,5,11H2,1-4H3. The zero-order valence-electron chi connectivity index (χ0n) is 12.4. The lowest BCUT2D eigenvalue weighted by Gasteiger charge is -2.29. The first-order valence-corrected chi connectivity index (χ1v) is 7.48. The van der Waals surface area contributed by atoms with Gasteiger partial charge in [0, 0.05) is 12.8 Å². The highest BCUT2D eigenvalue weighted by Crippen LogP contribution is 2.30. The Kier molecular flexibility index (Phi) is 5.51. The number of ether oxygens (including phenoxy) is 1. The van der Waals surface area contributed by atoms with Gasteiger partial charge in [0.25, 0.3) is 0 Å². The molecule has 0 aliphatic heterocycles. The summed E-state index contributed by atoms with van der Waals surface area (Å²) in [4.78, 5) is 24.6. The van der Waals surface area contributed by atoms with E-state index in [0.717, 1.165) is 5.56 Å². The second-order valence-electron chi connectivity index (χ2n) is 5.74. The van der Waals surface area contributed by atoms with Crippen LogP contribution in [-0.2, 0) is 20.7 Å². The van der Waals surface area contributed by atoms with Gasteiger partial charge in [0.05, 0.1) is 0 Å². The first-order valence-electron chi connectivity index (χ1n) is 6.68. The van der Waals surface area contributed by atoms with E-state index in [-0.39, 0.29) is 18.6 Å². The van der Waals surface area contributed by atoms with E-state index in [1.165, 1.54) is 0 Å². The van der Waals surface area contributed by atoms with Crippen LogP contribution in [0.25, 0.3) is 0 Å². The molecule has 0 fully saturated rings. The van der Waals surface area contributed by atoms with Crippen molar-refractivity contribution in [2.45, 2.75) is 50.5 Å². The molecule has 0 amide bonds. The van der Waals surface area contributed by atoms with Gasteiger partial charge < -0.3 is 4.74 Å². The Morgan fingerprint density at radius 1 is 1.15 bits per heavy atom. The summed E-state index contributed by atoms with van der Waals surface area (Å²) in [5.74, 6) is -0.698. The zero-order chi connectivity index (χ0) is 15.4. The maximum absolute atomic E-state index is 12.4. The van der Waals surface area contributed by atoms with Crippen molar-refractivity contribution in [3.8, 4) is 0 Å². The predicted molar refractivity (Wildman–Crippen MR) is 82.9 cm³/mol. The molecule has 0 aliphatic carbocycles. The van der Waals surface area contributed by atoms with Crippen LogP contribution in [0.15, 0.2) is 30.3 Å². The van der Waals surface area contributed by atoms with Gasteiger partial charge in [-0.05, 0) is 26.3 Å². The van der Waals surface area contributed by atoms with E-state index in [4.69, 9.17) is 4.74 Å². The number of benzene rings is 1. The smallest absolute Gasteiger partial charge is 0.331 e. The molecule has 20 heavy (non-hydrogen) atoms. The lowest BCUT2D eigenvalue weighted by atomic mass is 9.93. The van der Waals surface area contributed by atoms with Gasteiger partial charge in [-0.1, -0.05) is 53.2 Å². The van der Waals surface area contributed by atoms with Gasteiger partial charge in [-0.25, -0.2) is 0 Å². The van der Waals surface area contributed by atoms with E-state index in [9.17, 15) is 9.59 Å². The molecule has 3 nitrogen and oxygen atoms in total. The molecular weight excluding hydrogens is 320 g/mol. The number of Topliss-reactive ketones (excluding diaryl/α,β-unsaturated/α-hetero) is 1. The van der Waals surface area contributed by atoms with E-state index < -0.39 is 15.9 Å². The Balaban J connectivity index is 3.04. The predicted octanol–water partition coefficient (Wildman–Crippen LogP) is 3.68. The van der Waals surface area contributed by atoms with Gasteiger partial charge in [-0.2, -0.15) is 0 Å². The molecule has 0 heterocycles. The molecule has 1 rings (SSSR count). The van der Waals surface area contributed by atoms with Crippen molar-refractivity contribution in [3.63, 3.8) is 0 Å². The van der Waals surface area contributed by atoms with Crippen molar-refractivity contribution in [1.82, 2.24) is 0 Å². The van der Waals surface area contributed by atoms with Crippen molar-refractivity contribution in [2.75, 3.05) is 0 Å². The molecule has 1 aromatic rings. The second-order valence-corrected chi connectivity index (χ2v) is 7.10. The minimum Gasteiger partial charge on any atom is -0.459 e. The highest BCUT2D eigenvalue weighted by molar-refractivity contribution is 9.10. The topological polar surface area (TPSA) is 43.4 Å². The fourth-order valence-corrected chi connectivity index (χ4v) is 2.49. The normalized spacial score (nSPS) is 14.4. The van der Waals surface area contributed by atoms with Gasteiger partial charge in [-0.3, -0.25) is 9.59 Å². The fourth-order valence-electron chi connectivity index (χ4n) is 1.80. The maximum Gasteiger partial charge on any atom is 0.331 e. The molecule has 110 valence electrons. The molecule has 0 bridgehead atoms. The van der Waals surface area contributed by atoms with Crippen LogP contribution in [0.3, 0.4) is 0 Å². The molecule has 0 saturated heterocycles. The Labute approximate surface area is 128 Å². The van der Waals surface area contributed by atoms with Crippen molar-refractivity contribution < 1.29 is 14.3 Å². The van der Waals surface area contributed by atoms with E-state index in [0.29, 0.717) is 0 Å². The van der Waals surface area contributed by atoms with Crippen LogP contribution < -0.4 is 0 Å². The van der Waals surface area contributed by atoms with Crippen molar-refractivity contribution in [1.29, 1.82) is 0 Å². The minimum absolute atomic E-state index is 0.171. The highest BCUT2D eigenvalue weighted by atomic mass is 79.9. The Morgan fingerprint density at radius 2 is 1.70 bits per heavy atom. The third-order valence-electron chi connectivity index (χ3n) is 2.78. The maximum atomic E-state index is 12.4. The van der Waals surface area contributed by atoms with Crippen LogP contribution in [0, 0.1) is 0 Å². The van der Waals surface area contributed by atoms with Crippen molar-refractivity contribution >= 4 is 27.7 Å². The Bertz CT molecular complexity index is 476. The average molecular weight is 341 g/mol. The monoisotopic (exact) mass is 340 g/mol. The van der Waals surface area contributed by atoms with Crippen LogP contribution in [0.2, 0.25) is 0 Å². The molecule has 1 atom stereocenters. The van der Waals surface area contributed by atoms with Crippen LogP contribution in [0.1, 0.15) is 39.7 Å². The van der Waals surface area contributed by atoms with Gasteiger partial charge in [0.1, 0.15) is 5.60 Å². The summed E-state index contributed by atoms with van der Waals surface area (Å²) in [5.41, 5.74) is 0.290. The van der Waals surface area contributed by atoms with Gasteiger partial charge in [-0.15, -0.1) is 0 Å².